The van der Waals surface area contributed by atoms with Gasteiger partial charge in [-0.2, -0.15) is 0 Å². The van der Waals surface area contributed by atoms with Crippen molar-refractivity contribution in [2.45, 2.75) is 38.7 Å². The second-order valence-corrected chi connectivity index (χ2v) is 4.91. The van der Waals surface area contributed by atoms with Crippen LogP contribution in [-0.4, -0.2) is 23.8 Å². The fourth-order valence-corrected chi connectivity index (χ4v) is 1.84. The first-order chi connectivity index (χ1) is 8.44. The Morgan fingerprint density at radius 3 is 2.67 bits per heavy atom. The fraction of sp³-hybridized carbons (Fsp3) is 0.571. The Morgan fingerprint density at radius 2 is 2.00 bits per heavy atom. The third kappa shape index (κ3) is 5.10. The Balaban J connectivity index is 2.55. The zero-order valence-electron chi connectivity index (χ0n) is 11.0. The Morgan fingerprint density at radius 1 is 1.28 bits per heavy atom. The van der Waals surface area contributed by atoms with Gasteiger partial charge in [0.25, 0.3) is 0 Å². The topological polar surface area (TPSA) is 32.3 Å². The SMILES string of the molecule is CCCNCCC(C)(O)Cc1cc(F)ccc1F. The van der Waals surface area contributed by atoms with E-state index in [4.69, 9.17) is 0 Å². The summed E-state index contributed by atoms with van der Waals surface area (Å²) in [5, 5.41) is 13.3. The summed E-state index contributed by atoms with van der Waals surface area (Å²) < 4.78 is 26.5. The molecule has 0 heterocycles. The molecule has 1 aromatic carbocycles. The molecule has 4 heteroatoms. The maximum atomic E-state index is 13.4. The summed E-state index contributed by atoms with van der Waals surface area (Å²) in [4.78, 5) is 0. The van der Waals surface area contributed by atoms with E-state index < -0.39 is 17.2 Å². The average Bonchev–Trinajstić information content (AvgIpc) is 2.29. The van der Waals surface area contributed by atoms with Gasteiger partial charge in [0.15, 0.2) is 0 Å². The van der Waals surface area contributed by atoms with Gasteiger partial charge in [0.05, 0.1) is 5.60 Å². The molecule has 0 radical (unpaired) electrons. The molecule has 0 aromatic heterocycles. The molecule has 1 rings (SSSR count). The van der Waals surface area contributed by atoms with Crippen molar-refractivity contribution in [3.63, 3.8) is 0 Å². The van der Waals surface area contributed by atoms with Crippen LogP contribution < -0.4 is 5.32 Å². The van der Waals surface area contributed by atoms with Crippen LogP contribution in [0.1, 0.15) is 32.3 Å². The van der Waals surface area contributed by atoms with E-state index in [0.717, 1.165) is 31.2 Å². The number of aliphatic hydroxyl groups is 1. The first-order valence-corrected chi connectivity index (χ1v) is 6.31. The molecule has 2 nitrogen and oxygen atoms in total. The van der Waals surface area contributed by atoms with Gasteiger partial charge in [-0.05, 0) is 56.6 Å². The summed E-state index contributed by atoms with van der Waals surface area (Å²) in [6.07, 6.45) is 1.65. The van der Waals surface area contributed by atoms with Crippen LogP contribution in [0.4, 0.5) is 8.78 Å². The normalized spacial score (nSPS) is 14.5. The van der Waals surface area contributed by atoms with Crippen molar-refractivity contribution in [1.82, 2.24) is 5.32 Å². The number of rotatable bonds is 7. The second kappa shape index (κ2) is 6.81. The quantitative estimate of drug-likeness (QED) is 0.736. The molecule has 102 valence electrons. The number of halogens is 2. The standard InChI is InChI=1S/C14H21F2NO/c1-3-7-17-8-6-14(2,18)10-11-9-12(15)4-5-13(11)16/h4-5,9,17-18H,3,6-8,10H2,1-2H3. The molecule has 0 fully saturated rings. The van der Waals surface area contributed by atoms with Crippen molar-refractivity contribution in [3.8, 4) is 0 Å². The molecule has 0 bridgehead atoms. The molecule has 0 saturated carbocycles. The van der Waals surface area contributed by atoms with Gasteiger partial charge in [0.2, 0.25) is 0 Å². The van der Waals surface area contributed by atoms with Crippen LogP contribution in [0.5, 0.6) is 0 Å². The van der Waals surface area contributed by atoms with Gasteiger partial charge >= 0.3 is 0 Å². The van der Waals surface area contributed by atoms with Crippen LogP contribution in [0, 0.1) is 11.6 Å². The molecular weight excluding hydrogens is 236 g/mol. The van der Waals surface area contributed by atoms with Crippen molar-refractivity contribution in [2.75, 3.05) is 13.1 Å². The molecule has 0 aliphatic carbocycles. The molecule has 1 unspecified atom stereocenters. The van der Waals surface area contributed by atoms with E-state index in [1.54, 1.807) is 6.92 Å². The number of hydrogen-bond donors (Lipinski definition) is 2. The van der Waals surface area contributed by atoms with Gasteiger partial charge in [-0.1, -0.05) is 6.92 Å². The zero-order valence-corrected chi connectivity index (χ0v) is 11.0. The van der Waals surface area contributed by atoms with Crippen molar-refractivity contribution in [3.05, 3.63) is 35.4 Å². The summed E-state index contributed by atoms with van der Waals surface area (Å²) in [5.74, 6) is -0.954. The van der Waals surface area contributed by atoms with E-state index >= 15 is 0 Å². The van der Waals surface area contributed by atoms with E-state index in [9.17, 15) is 13.9 Å². The highest BCUT2D eigenvalue weighted by Crippen LogP contribution is 2.19. The summed E-state index contributed by atoms with van der Waals surface area (Å²) in [6.45, 7) is 5.26. The van der Waals surface area contributed by atoms with Crippen LogP contribution in [-0.2, 0) is 6.42 Å². The molecule has 1 aromatic rings. The van der Waals surface area contributed by atoms with Gasteiger partial charge in [-0.15, -0.1) is 0 Å². The minimum atomic E-state index is -1.03. The number of nitrogens with one attached hydrogen (secondary N) is 1. The van der Waals surface area contributed by atoms with Crippen LogP contribution in [0.15, 0.2) is 18.2 Å². The van der Waals surface area contributed by atoms with E-state index in [0.29, 0.717) is 13.0 Å². The highest BCUT2D eigenvalue weighted by Gasteiger charge is 2.22. The summed E-state index contributed by atoms with van der Waals surface area (Å²) in [7, 11) is 0. The minimum Gasteiger partial charge on any atom is -0.390 e. The predicted octanol–water partition coefficient (Wildman–Crippen LogP) is 2.65. The van der Waals surface area contributed by atoms with Crippen LogP contribution >= 0.6 is 0 Å². The van der Waals surface area contributed by atoms with Gasteiger partial charge in [-0.3, -0.25) is 0 Å². The fourth-order valence-electron chi connectivity index (χ4n) is 1.84. The molecular formula is C14H21F2NO. The first-order valence-electron chi connectivity index (χ1n) is 6.31. The molecule has 0 aliphatic heterocycles. The van der Waals surface area contributed by atoms with Crippen molar-refractivity contribution >= 4 is 0 Å². The smallest absolute Gasteiger partial charge is 0.126 e. The minimum absolute atomic E-state index is 0.115. The van der Waals surface area contributed by atoms with Gasteiger partial charge < -0.3 is 10.4 Å². The summed E-state index contributed by atoms with van der Waals surface area (Å²) in [6, 6.07) is 3.32. The molecule has 0 aliphatic rings. The highest BCUT2D eigenvalue weighted by molar-refractivity contribution is 5.20. The molecule has 0 spiro atoms. The lowest BCUT2D eigenvalue weighted by Gasteiger charge is -2.23. The Labute approximate surface area is 107 Å². The Kier molecular flexibility index (Phi) is 5.69. The average molecular weight is 257 g/mol. The van der Waals surface area contributed by atoms with Crippen LogP contribution in [0.2, 0.25) is 0 Å². The molecule has 0 amide bonds. The van der Waals surface area contributed by atoms with E-state index in [1.165, 1.54) is 0 Å². The maximum absolute atomic E-state index is 13.4. The van der Waals surface area contributed by atoms with Crippen molar-refractivity contribution in [1.29, 1.82) is 0 Å². The summed E-state index contributed by atoms with van der Waals surface area (Å²) in [5.41, 5.74) is -0.814. The van der Waals surface area contributed by atoms with Gasteiger partial charge in [-0.25, -0.2) is 8.78 Å². The number of benzene rings is 1. The molecule has 0 saturated heterocycles. The van der Waals surface area contributed by atoms with Crippen molar-refractivity contribution in [2.24, 2.45) is 0 Å². The largest absolute Gasteiger partial charge is 0.390 e. The molecule has 1 atom stereocenters. The Bertz CT molecular complexity index is 380. The molecule has 2 N–H and O–H groups in total. The highest BCUT2D eigenvalue weighted by atomic mass is 19.1. The molecule has 18 heavy (non-hydrogen) atoms. The predicted molar refractivity (Wildman–Crippen MR) is 68.5 cm³/mol. The van der Waals surface area contributed by atoms with E-state index in [1.807, 2.05) is 0 Å². The summed E-state index contributed by atoms with van der Waals surface area (Å²) >= 11 is 0. The zero-order chi connectivity index (χ0) is 13.6. The lowest BCUT2D eigenvalue weighted by molar-refractivity contribution is 0.0507. The van der Waals surface area contributed by atoms with Crippen LogP contribution in [0.3, 0.4) is 0 Å². The van der Waals surface area contributed by atoms with Gasteiger partial charge in [0, 0.05) is 6.42 Å². The third-order valence-corrected chi connectivity index (χ3v) is 2.85. The maximum Gasteiger partial charge on any atom is 0.126 e. The third-order valence-electron chi connectivity index (χ3n) is 2.85. The number of hydrogen-bond acceptors (Lipinski definition) is 2. The monoisotopic (exact) mass is 257 g/mol. The lowest BCUT2D eigenvalue weighted by atomic mass is 9.93. The van der Waals surface area contributed by atoms with E-state index in [-0.39, 0.29) is 12.0 Å². The second-order valence-electron chi connectivity index (χ2n) is 4.91. The first kappa shape index (κ1) is 15.1. The van der Waals surface area contributed by atoms with Gasteiger partial charge in [0.1, 0.15) is 11.6 Å². The van der Waals surface area contributed by atoms with Crippen molar-refractivity contribution < 1.29 is 13.9 Å². The van der Waals surface area contributed by atoms with E-state index in [2.05, 4.69) is 12.2 Å². The Hall–Kier alpha value is -1.00. The van der Waals surface area contributed by atoms with Crippen LogP contribution in [0.25, 0.3) is 0 Å². The lowest BCUT2D eigenvalue weighted by Crippen LogP contribution is -2.32.